The zero-order chi connectivity index (χ0) is 16.9. The summed E-state index contributed by atoms with van der Waals surface area (Å²) in [5.74, 6) is 1.14. The molecular weight excluding hydrogens is 326 g/mol. The molecule has 1 heterocycles. The molecule has 1 amide bonds. The lowest BCUT2D eigenvalue weighted by molar-refractivity contribution is -0.131. The number of hydrogen-bond acceptors (Lipinski definition) is 4. The average molecular weight is 352 g/mol. The number of benzene rings is 1. The Morgan fingerprint density at radius 2 is 1.92 bits per heavy atom. The van der Waals surface area contributed by atoms with E-state index < -0.39 is 5.41 Å². The van der Waals surface area contributed by atoms with Crippen LogP contribution in [0.1, 0.15) is 45.5 Å². The van der Waals surface area contributed by atoms with Gasteiger partial charge < -0.3 is 15.5 Å². The van der Waals surface area contributed by atoms with Crippen LogP contribution in [0.25, 0.3) is 11.3 Å². The molecule has 2 rings (SSSR count). The number of halogens is 1. The van der Waals surface area contributed by atoms with E-state index in [1.165, 1.54) is 0 Å². The van der Waals surface area contributed by atoms with Crippen molar-refractivity contribution in [2.75, 3.05) is 6.54 Å². The Kier molecular flexibility index (Phi) is 7.45. The maximum Gasteiger partial charge on any atom is 0.228 e. The summed E-state index contributed by atoms with van der Waals surface area (Å²) in [6.07, 6.45) is 3.10. The summed E-state index contributed by atoms with van der Waals surface area (Å²) in [5, 5.41) is 2.98. The SMILES string of the molecule is CCC(CC)(CN)C(=O)NC(C)c1ncc(-c2ccccc2)o1.Cl. The molecule has 0 aliphatic heterocycles. The minimum atomic E-state index is -0.525. The molecule has 3 N–H and O–H groups in total. The van der Waals surface area contributed by atoms with E-state index in [4.69, 9.17) is 10.2 Å². The maximum absolute atomic E-state index is 12.6. The number of amides is 1. The van der Waals surface area contributed by atoms with E-state index in [2.05, 4.69) is 10.3 Å². The van der Waals surface area contributed by atoms with Crippen molar-refractivity contribution in [3.05, 3.63) is 42.4 Å². The molecular formula is C18H26ClN3O2. The molecule has 132 valence electrons. The summed E-state index contributed by atoms with van der Waals surface area (Å²) in [7, 11) is 0. The van der Waals surface area contributed by atoms with Crippen molar-refractivity contribution in [3.63, 3.8) is 0 Å². The molecule has 5 nitrogen and oxygen atoms in total. The first kappa shape index (κ1) is 20.2. The predicted octanol–water partition coefficient (Wildman–Crippen LogP) is 3.71. The van der Waals surface area contributed by atoms with E-state index in [1.54, 1.807) is 6.20 Å². The molecule has 0 fully saturated rings. The van der Waals surface area contributed by atoms with Crippen LogP contribution in [-0.4, -0.2) is 17.4 Å². The van der Waals surface area contributed by atoms with Crippen LogP contribution in [0.5, 0.6) is 0 Å². The van der Waals surface area contributed by atoms with E-state index in [-0.39, 0.29) is 24.4 Å². The lowest BCUT2D eigenvalue weighted by Crippen LogP contribution is -2.46. The molecule has 0 aliphatic rings. The van der Waals surface area contributed by atoms with Crippen molar-refractivity contribution in [3.8, 4) is 11.3 Å². The first-order valence-electron chi connectivity index (χ1n) is 8.08. The lowest BCUT2D eigenvalue weighted by atomic mass is 9.81. The summed E-state index contributed by atoms with van der Waals surface area (Å²) in [6, 6.07) is 9.46. The van der Waals surface area contributed by atoms with E-state index >= 15 is 0 Å². The summed E-state index contributed by atoms with van der Waals surface area (Å²) in [5.41, 5.74) is 6.26. The Hall–Kier alpha value is -1.85. The van der Waals surface area contributed by atoms with Crippen molar-refractivity contribution in [1.29, 1.82) is 0 Å². The summed E-state index contributed by atoms with van der Waals surface area (Å²) < 4.78 is 5.79. The maximum atomic E-state index is 12.6. The number of aromatic nitrogens is 1. The predicted molar refractivity (Wildman–Crippen MR) is 97.8 cm³/mol. The highest BCUT2D eigenvalue weighted by molar-refractivity contribution is 5.85. The van der Waals surface area contributed by atoms with E-state index in [0.717, 1.165) is 5.56 Å². The monoisotopic (exact) mass is 351 g/mol. The smallest absolute Gasteiger partial charge is 0.228 e. The average Bonchev–Trinajstić information content (AvgIpc) is 3.08. The number of carbonyl (C=O) groups excluding carboxylic acids is 1. The molecule has 1 aromatic heterocycles. The van der Waals surface area contributed by atoms with Gasteiger partial charge in [-0.05, 0) is 19.8 Å². The van der Waals surface area contributed by atoms with Gasteiger partial charge in [-0.2, -0.15) is 0 Å². The third kappa shape index (κ3) is 4.16. The lowest BCUT2D eigenvalue weighted by Gasteiger charge is -2.29. The zero-order valence-corrected chi connectivity index (χ0v) is 15.2. The Morgan fingerprint density at radius 3 is 2.46 bits per heavy atom. The minimum Gasteiger partial charge on any atom is -0.438 e. The molecule has 0 aliphatic carbocycles. The second-order valence-corrected chi connectivity index (χ2v) is 5.82. The van der Waals surface area contributed by atoms with Gasteiger partial charge in [0.15, 0.2) is 5.76 Å². The van der Waals surface area contributed by atoms with Gasteiger partial charge in [0.1, 0.15) is 6.04 Å². The number of hydrogen-bond donors (Lipinski definition) is 2. The summed E-state index contributed by atoms with van der Waals surface area (Å²) in [6.45, 7) is 6.17. The highest BCUT2D eigenvalue weighted by Crippen LogP contribution is 2.27. The zero-order valence-electron chi connectivity index (χ0n) is 14.4. The Morgan fingerprint density at radius 1 is 1.29 bits per heavy atom. The molecule has 2 aromatic rings. The number of nitrogens with one attached hydrogen (secondary N) is 1. The van der Waals surface area contributed by atoms with Crippen molar-refractivity contribution >= 4 is 18.3 Å². The van der Waals surface area contributed by atoms with E-state index in [9.17, 15) is 4.79 Å². The van der Waals surface area contributed by atoms with Gasteiger partial charge in [0.2, 0.25) is 11.8 Å². The first-order valence-corrected chi connectivity index (χ1v) is 8.08. The van der Waals surface area contributed by atoms with Gasteiger partial charge in [-0.15, -0.1) is 12.4 Å². The fourth-order valence-corrected chi connectivity index (χ4v) is 2.59. The molecule has 0 spiro atoms. The minimum absolute atomic E-state index is 0. The first-order chi connectivity index (χ1) is 11.1. The quantitative estimate of drug-likeness (QED) is 0.796. The van der Waals surface area contributed by atoms with Gasteiger partial charge in [0.25, 0.3) is 0 Å². The Balaban J connectivity index is 0.00000288. The van der Waals surface area contributed by atoms with Crippen LogP contribution in [0.15, 0.2) is 40.9 Å². The Labute approximate surface area is 149 Å². The number of nitrogens with two attached hydrogens (primary N) is 1. The van der Waals surface area contributed by atoms with Crippen molar-refractivity contribution in [1.82, 2.24) is 10.3 Å². The van der Waals surface area contributed by atoms with Crippen molar-refractivity contribution in [2.24, 2.45) is 11.1 Å². The highest BCUT2D eigenvalue weighted by Gasteiger charge is 2.34. The van der Waals surface area contributed by atoms with Gasteiger partial charge in [0.05, 0.1) is 11.6 Å². The third-order valence-electron chi connectivity index (χ3n) is 4.53. The largest absolute Gasteiger partial charge is 0.438 e. The number of rotatable bonds is 7. The van der Waals surface area contributed by atoms with Crippen LogP contribution in [0.3, 0.4) is 0 Å². The van der Waals surface area contributed by atoms with Gasteiger partial charge in [-0.1, -0.05) is 44.2 Å². The fraction of sp³-hybridized carbons (Fsp3) is 0.444. The molecule has 1 atom stereocenters. The second-order valence-electron chi connectivity index (χ2n) is 5.82. The molecule has 1 aromatic carbocycles. The molecule has 24 heavy (non-hydrogen) atoms. The van der Waals surface area contributed by atoms with Crippen LogP contribution < -0.4 is 11.1 Å². The van der Waals surface area contributed by atoms with Gasteiger partial charge >= 0.3 is 0 Å². The topological polar surface area (TPSA) is 81.2 Å². The van der Waals surface area contributed by atoms with E-state index in [1.807, 2.05) is 51.1 Å². The van der Waals surface area contributed by atoms with Crippen LogP contribution >= 0.6 is 12.4 Å². The number of oxazole rings is 1. The van der Waals surface area contributed by atoms with Crippen LogP contribution in [0, 0.1) is 5.41 Å². The molecule has 0 saturated carbocycles. The molecule has 1 unspecified atom stereocenters. The van der Waals surface area contributed by atoms with Gasteiger partial charge in [-0.25, -0.2) is 4.98 Å². The van der Waals surface area contributed by atoms with Gasteiger partial charge in [-0.3, -0.25) is 4.79 Å². The standard InChI is InChI=1S/C18H25N3O2.ClH/c1-4-18(5-2,12-19)17(22)21-13(3)16-20-11-15(23-16)14-9-7-6-8-10-14;/h6-11,13H,4-5,12,19H2,1-3H3,(H,21,22);1H. The van der Waals surface area contributed by atoms with Crippen LogP contribution in [-0.2, 0) is 4.79 Å². The van der Waals surface area contributed by atoms with Crippen molar-refractivity contribution < 1.29 is 9.21 Å². The van der Waals surface area contributed by atoms with Gasteiger partial charge in [0, 0.05) is 12.1 Å². The van der Waals surface area contributed by atoms with Crippen LogP contribution in [0.4, 0.5) is 0 Å². The van der Waals surface area contributed by atoms with Crippen molar-refractivity contribution in [2.45, 2.75) is 39.7 Å². The van der Waals surface area contributed by atoms with Crippen LogP contribution in [0.2, 0.25) is 0 Å². The molecule has 0 bridgehead atoms. The summed E-state index contributed by atoms with van der Waals surface area (Å²) >= 11 is 0. The second kappa shape index (κ2) is 8.85. The molecule has 0 saturated heterocycles. The fourth-order valence-electron chi connectivity index (χ4n) is 2.59. The summed E-state index contributed by atoms with van der Waals surface area (Å²) in [4.78, 5) is 16.9. The third-order valence-corrected chi connectivity index (χ3v) is 4.53. The molecule has 6 heteroatoms. The highest BCUT2D eigenvalue weighted by atomic mass is 35.5. The molecule has 0 radical (unpaired) electrons. The Bertz CT molecular complexity index is 630. The number of carbonyl (C=O) groups is 1. The number of nitrogens with zero attached hydrogens (tertiary/aromatic N) is 1. The normalized spacial score (nSPS) is 12.3. The van der Waals surface area contributed by atoms with E-state index in [0.29, 0.717) is 31.0 Å².